The highest BCUT2D eigenvalue weighted by Crippen LogP contribution is 2.18. The summed E-state index contributed by atoms with van der Waals surface area (Å²) < 4.78 is 1.06. The van der Waals surface area contributed by atoms with Gasteiger partial charge in [-0.25, -0.2) is 0 Å². The van der Waals surface area contributed by atoms with Crippen LogP contribution in [0.2, 0.25) is 0 Å². The Kier molecular flexibility index (Phi) is 3.21. The molecule has 0 saturated heterocycles. The highest BCUT2D eigenvalue weighted by atomic mass is 79.9. The van der Waals surface area contributed by atoms with Gasteiger partial charge in [-0.1, -0.05) is 27.5 Å². The van der Waals surface area contributed by atoms with E-state index in [-0.39, 0.29) is 0 Å². The summed E-state index contributed by atoms with van der Waals surface area (Å²) in [5, 5.41) is 0. The normalized spacial score (nSPS) is 9.73. The number of halogens is 2. The quantitative estimate of drug-likeness (QED) is 0.559. The lowest BCUT2D eigenvalue weighted by Crippen LogP contribution is -2.08. The van der Waals surface area contributed by atoms with Gasteiger partial charge in [0.05, 0.1) is 0 Å². The van der Waals surface area contributed by atoms with E-state index in [0.717, 1.165) is 10.2 Å². The first-order chi connectivity index (χ1) is 5.24. The maximum absolute atomic E-state index is 5.39. The van der Waals surface area contributed by atoms with Crippen molar-refractivity contribution in [1.82, 2.24) is 0 Å². The van der Waals surface area contributed by atoms with Gasteiger partial charge in [-0.3, -0.25) is 0 Å². The van der Waals surface area contributed by atoms with Crippen LogP contribution in [0.5, 0.6) is 0 Å². The second kappa shape index (κ2) is 3.98. The van der Waals surface area contributed by atoms with Crippen LogP contribution in [-0.4, -0.2) is 7.05 Å². The van der Waals surface area contributed by atoms with E-state index in [1.165, 1.54) is 0 Å². The van der Waals surface area contributed by atoms with Gasteiger partial charge < -0.3 is 4.90 Å². The van der Waals surface area contributed by atoms with Crippen molar-refractivity contribution < 1.29 is 0 Å². The lowest BCUT2D eigenvalue weighted by molar-refractivity contribution is 1.18. The molecule has 2 radical (unpaired) electrons. The van der Waals surface area contributed by atoms with Crippen molar-refractivity contribution in [1.29, 1.82) is 0 Å². The SMILES string of the molecule is CN([C]Cl)c1ccc(Br)cc1. The van der Waals surface area contributed by atoms with Gasteiger partial charge in [0.15, 0.2) is 6.00 Å². The Balaban J connectivity index is 2.81. The molecule has 58 valence electrons. The zero-order chi connectivity index (χ0) is 8.27. The molecular formula is C8H7BrClN. The summed E-state index contributed by atoms with van der Waals surface area (Å²) in [4.78, 5) is 1.72. The van der Waals surface area contributed by atoms with Crippen molar-refractivity contribution in [2.45, 2.75) is 0 Å². The molecule has 0 aromatic heterocycles. The van der Waals surface area contributed by atoms with Crippen LogP contribution in [0, 0.1) is 6.00 Å². The number of hydrogen-bond acceptors (Lipinski definition) is 1. The molecule has 0 atom stereocenters. The summed E-state index contributed by atoms with van der Waals surface area (Å²) in [7, 11) is 1.84. The van der Waals surface area contributed by atoms with Crippen LogP contribution in [0.4, 0.5) is 5.69 Å². The molecular weight excluding hydrogens is 225 g/mol. The zero-order valence-electron chi connectivity index (χ0n) is 6.01. The minimum Gasteiger partial charge on any atom is -0.350 e. The Morgan fingerprint density at radius 2 is 1.91 bits per heavy atom. The molecule has 0 saturated carbocycles. The third kappa shape index (κ3) is 2.38. The van der Waals surface area contributed by atoms with Crippen LogP contribution in [-0.2, 0) is 0 Å². The maximum atomic E-state index is 5.39. The van der Waals surface area contributed by atoms with Crippen molar-refractivity contribution in [3.8, 4) is 0 Å². The standard InChI is InChI=1S/C8H7BrClN/c1-11(6-10)8-4-2-7(9)3-5-8/h2-5H,1H3. The summed E-state index contributed by atoms with van der Waals surface area (Å²) in [6.45, 7) is 0. The molecule has 1 rings (SSSR count). The number of hydrogen-bond donors (Lipinski definition) is 0. The Morgan fingerprint density at radius 3 is 2.36 bits per heavy atom. The second-order valence-corrected chi connectivity index (χ2v) is 3.20. The van der Waals surface area contributed by atoms with Crippen LogP contribution in [0.3, 0.4) is 0 Å². The lowest BCUT2D eigenvalue weighted by atomic mass is 10.3. The van der Waals surface area contributed by atoms with E-state index >= 15 is 0 Å². The van der Waals surface area contributed by atoms with Gasteiger partial charge in [0.1, 0.15) is 0 Å². The molecule has 11 heavy (non-hydrogen) atoms. The van der Waals surface area contributed by atoms with E-state index in [1.807, 2.05) is 31.3 Å². The highest BCUT2D eigenvalue weighted by Gasteiger charge is 1.97. The number of benzene rings is 1. The fraction of sp³-hybridized carbons (Fsp3) is 0.125. The first-order valence-electron chi connectivity index (χ1n) is 3.09. The van der Waals surface area contributed by atoms with Gasteiger partial charge >= 0.3 is 0 Å². The molecule has 0 fully saturated rings. The molecule has 0 bridgehead atoms. The number of rotatable bonds is 2. The molecule has 0 aliphatic rings. The summed E-state index contributed by atoms with van der Waals surface area (Å²) in [5.74, 6) is 0. The molecule has 0 unspecified atom stereocenters. The number of anilines is 1. The third-order valence-electron chi connectivity index (χ3n) is 1.34. The predicted molar refractivity (Wildman–Crippen MR) is 51.6 cm³/mol. The molecule has 0 amide bonds. The van der Waals surface area contributed by atoms with E-state index in [4.69, 9.17) is 11.6 Å². The van der Waals surface area contributed by atoms with E-state index < -0.39 is 0 Å². The minimum atomic E-state index is 1.02. The third-order valence-corrected chi connectivity index (χ3v) is 2.12. The van der Waals surface area contributed by atoms with Crippen molar-refractivity contribution in [2.75, 3.05) is 11.9 Å². The van der Waals surface area contributed by atoms with Crippen molar-refractivity contribution in [3.63, 3.8) is 0 Å². The molecule has 1 nitrogen and oxygen atoms in total. The van der Waals surface area contributed by atoms with Crippen LogP contribution in [0.25, 0.3) is 0 Å². The van der Waals surface area contributed by atoms with E-state index in [2.05, 4.69) is 21.9 Å². The second-order valence-electron chi connectivity index (χ2n) is 2.12. The summed E-state index contributed by atoms with van der Waals surface area (Å²) in [5.41, 5.74) is 1.02. The van der Waals surface area contributed by atoms with Crippen LogP contribution in [0.1, 0.15) is 0 Å². The summed E-state index contributed by atoms with van der Waals surface area (Å²) >= 11 is 8.74. The van der Waals surface area contributed by atoms with Gasteiger partial charge in [0.2, 0.25) is 0 Å². The van der Waals surface area contributed by atoms with Gasteiger partial charge in [-0.2, -0.15) is 0 Å². The lowest BCUT2D eigenvalue weighted by Gasteiger charge is -2.12. The van der Waals surface area contributed by atoms with E-state index in [0.29, 0.717) is 0 Å². The first kappa shape index (κ1) is 8.88. The first-order valence-corrected chi connectivity index (χ1v) is 4.26. The molecule has 1 aromatic carbocycles. The molecule has 1 aromatic rings. The Labute approximate surface area is 80.1 Å². The molecule has 0 heterocycles. The monoisotopic (exact) mass is 231 g/mol. The minimum absolute atomic E-state index is 1.02. The Hall–Kier alpha value is -0.210. The summed E-state index contributed by atoms with van der Waals surface area (Å²) in [6, 6.07) is 10.3. The van der Waals surface area contributed by atoms with Crippen molar-refractivity contribution in [3.05, 3.63) is 34.7 Å². The van der Waals surface area contributed by atoms with E-state index in [1.54, 1.807) is 4.90 Å². The zero-order valence-corrected chi connectivity index (χ0v) is 8.35. The largest absolute Gasteiger partial charge is 0.350 e. The topological polar surface area (TPSA) is 3.24 Å². The Morgan fingerprint density at radius 1 is 1.36 bits per heavy atom. The van der Waals surface area contributed by atoms with Crippen molar-refractivity contribution >= 4 is 33.2 Å². The fourth-order valence-electron chi connectivity index (χ4n) is 0.713. The molecule has 0 spiro atoms. The maximum Gasteiger partial charge on any atom is 0.197 e. The smallest absolute Gasteiger partial charge is 0.197 e. The van der Waals surface area contributed by atoms with Crippen LogP contribution in [0.15, 0.2) is 28.7 Å². The molecule has 3 heteroatoms. The van der Waals surface area contributed by atoms with Gasteiger partial charge in [-0.15, -0.1) is 0 Å². The highest BCUT2D eigenvalue weighted by molar-refractivity contribution is 9.10. The van der Waals surface area contributed by atoms with Crippen molar-refractivity contribution in [2.24, 2.45) is 0 Å². The average molecular weight is 233 g/mol. The average Bonchev–Trinajstić information content (AvgIpc) is 2.05. The van der Waals surface area contributed by atoms with Gasteiger partial charge in [-0.05, 0) is 24.3 Å². The molecule has 0 N–H and O–H groups in total. The Bertz CT molecular complexity index is 222. The van der Waals surface area contributed by atoms with E-state index in [9.17, 15) is 0 Å². The van der Waals surface area contributed by atoms with Crippen LogP contribution >= 0.6 is 27.5 Å². The number of nitrogens with zero attached hydrogens (tertiary/aromatic N) is 1. The fourth-order valence-corrected chi connectivity index (χ4v) is 1.08. The van der Waals surface area contributed by atoms with Gasteiger partial charge in [0.25, 0.3) is 0 Å². The van der Waals surface area contributed by atoms with Crippen LogP contribution < -0.4 is 4.90 Å². The summed E-state index contributed by atoms with van der Waals surface area (Å²) in [6.07, 6.45) is 0. The molecule has 0 aliphatic heterocycles. The molecule has 0 aliphatic carbocycles. The predicted octanol–water partition coefficient (Wildman–Crippen LogP) is 3.12. The van der Waals surface area contributed by atoms with Gasteiger partial charge in [0, 0.05) is 17.2 Å².